The van der Waals surface area contributed by atoms with Crippen molar-refractivity contribution in [1.29, 1.82) is 0 Å². The number of nitrogens with zero attached hydrogens (tertiary/aromatic N) is 2. The molecule has 1 amide bonds. The molecule has 0 radical (unpaired) electrons. The summed E-state index contributed by atoms with van der Waals surface area (Å²) in [6.07, 6.45) is 1.19. The zero-order valence-corrected chi connectivity index (χ0v) is 15.3. The van der Waals surface area contributed by atoms with E-state index in [4.69, 9.17) is 9.47 Å². The molecule has 1 N–H and O–H groups in total. The minimum absolute atomic E-state index is 0.161. The Bertz CT molecular complexity index is 397. The molecule has 0 aromatic carbocycles. The van der Waals surface area contributed by atoms with Gasteiger partial charge in [-0.05, 0) is 34.1 Å². The molecule has 0 aliphatic carbocycles. The molecule has 2 fully saturated rings. The van der Waals surface area contributed by atoms with E-state index in [0.29, 0.717) is 12.6 Å². The summed E-state index contributed by atoms with van der Waals surface area (Å²) in [6.45, 7) is 15.2. The SMILES string of the molecule is CC[C@@H]1CN(C[C@H]2CN(C(=O)OC(C)(C)C)[C@H](C)CN2)CCO1. The molecule has 0 aromatic rings. The summed E-state index contributed by atoms with van der Waals surface area (Å²) in [5.74, 6) is 0. The van der Waals surface area contributed by atoms with Gasteiger partial charge in [-0.15, -0.1) is 0 Å². The van der Waals surface area contributed by atoms with Crippen LogP contribution in [0.1, 0.15) is 41.0 Å². The average Bonchev–Trinajstić information content (AvgIpc) is 2.47. The minimum Gasteiger partial charge on any atom is -0.444 e. The summed E-state index contributed by atoms with van der Waals surface area (Å²) in [6, 6.07) is 0.448. The maximum atomic E-state index is 12.4. The van der Waals surface area contributed by atoms with Crippen molar-refractivity contribution >= 4 is 6.09 Å². The second kappa shape index (κ2) is 7.81. The maximum absolute atomic E-state index is 12.4. The van der Waals surface area contributed by atoms with Gasteiger partial charge in [0, 0.05) is 44.8 Å². The average molecular weight is 327 g/mol. The van der Waals surface area contributed by atoms with E-state index in [1.54, 1.807) is 0 Å². The largest absolute Gasteiger partial charge is 0.444 e. The molecule has 0 spiro atoms. The second-order valence-electron chi connectivity index (χ2n) is 7.75. The van der Waals surface area contributed by atoms with Gasteiger partial charge in [0.15, 0.2) is 0 Å². The van der Waals surface area contributed by atoms with Crippen LogP contribution in [0.2, 0.25) is 0 Å². The number of morpholine rings is 1. The monoisotopic (exact) mass is 327 g/mol. The highest BCUT2D eigenvalue weighted by molar-refractivity contribution is 5.68. The second-order valence-corrected chi connectivity index (χ2v) is 7.75. The van der Waals surface area contributed by atoms with Crippen LogP contribution in [-0.2, 0) is 9.47 Å². The van der Waals surface area contributed by atoms with E-state index >= 15 is 0 Å². The van der Waals surface area contributed by atoms with Gasteiger partial charge in [-0.2, -0.15) is 0 Å². The topological polar surface area (TPSA) is 54.0 Å². The molecule has 3 atom stereocenters. The van der Waals surface area contributed by atoms with Gasteiger partial charge in [-0.3, -0.25) is 4.90 Å². The van der Waals surface area contributed by atoms with Gasteiger partial charge in [0.05, 0.1) is 12.7 Å². The van der Waals surface area contributed by atoms with Crippen LogP contribution in [-0.4, -0.2) is 79.0 Å². The van der Waals surface area contributed by atoms with Gasteiger partial charge in [0.25, 0.3) is 0 Å². The van der Waals surface area contributed by atoms with Crippen molar-refractivity contribution in [3.05, 3.63) is 0 Å². The highest BCUT2D eigenvalue weighted by Gasteiger charge is 2.33. The lowest BCUT2D eigenvalue weighted by atomic mass is 10.1. The lowest BCUT2D eigenvalue weighted by Gasteiger charge is -2.42. The van der Waals surface area contributed by atoms with Crippen molar-refractivity contribution in [1.82, 2.24) is 15.1 Å². The Morgan fingerprint density at radius 2 is 2.09 bits per heavy atom. The van der Waals surface area contributed by atoms with Crippen molar-refractivity contribution in [3.8, 4) is 0 Å². The summed E-state index contributed by atoms with van der Waals surface area (Å²) < 4.78 is 11.3. The fourth-order valence-electron chi connectivity index (χ4n) is 3.13. The number of hydrogen-bond acceptors (Lipinski definition) is 5. The third-order valence-corrected chi connectivity index (χ3v) is 4.44. The van der Waals surface area contributed by atoms with Crippen LogP contribution in [0.5, 0.6) is 0 Å². The maximum Gasteiger partial charge on any atom is 0.410 e. The summed E-state index contributed by atoms with van der Waals surface area (Å²) in [7, 11) is 0. The molecule has 23 heavy (non-hydrogen) atoms. The van der Waals surface area contributed by atoms with E-state index in [0.717, 1.165) is 39.2 Å². The molecule has 2 aliphatic heterocycles. The van der Waals surface area contributed by atoms with Crippen molar-refractivity contribution in [2.24, 2.45) is 0 Å². The van der Waals surface area contributed by atoms with Gasteiger partial charge >= 0.3 is 6.09 Å². The normalized spacial score (nSPS) is 30.3. The molecule has 6 nitrogen and oxygen atoms in total. The van der Waals surface area contributed by atoms with E-state index in [-0.39, 0.29) is 18.2 Å². The molecule has 2 heterocycles. The molecule has 2 rings (SSSR count). The molecule has 2 aliphatic rings. The lowest BCUT2D eigenvalue weighted by Crippen LogP contribution is -2.61. The van der Waals surface area contributed by atoms with Crippen LogP contribution in [0, 0.1) is 0 Å². The first-order chi connectivity index (χ1) is 10.8. The molecule has 134 valence electrons. The van der Waals surface area contributed by atoms with Crippen molar-refractivity contribution in [3.63, 3.8) is 0 Å². The molecule has 0 bridgehead atoms. The van der Waals surface area contributed by atoms with E-state index < -0.39 is 5.60 Å². The molecule has 0 unspecified atom stereocenters. The highest BCUT2D eigenvalue weighted by Crippen LogP contribution is 2.16. The first-order valence-electron chi connectivity index (χ1n) is 8.85. The number of piperazine rings is 1. The first-order valence-corrected chi connectivity index (χ1v) is 8.85. The molecular weight excluding hydrogens is 294 g/mol. The van der Waals surface area contributed by atoms with Crippen LogP contribution < -0.4 is 5.32 Å². The Morgan fingerprint density at radius 3 is 2.74 bits per heavy atom. The van der Waals surface area contributed by atoms with Crippen LogP contribution >= 0.6 is 0 Å². The first kappa shape index (κ1) is 18.5. The minimum atomic E-state index is -0.449. The van der Waals surface area contributed by atoms with E-state index in [1.165, 1.54) is 0 Å². The number of carbonyl (C=O) groups excluding carboxylic acids is 1. The lowest BCUT2D eigenvalue weighted by molar-refractivity contribution is -0.0364. The Hall–Kier alpha value is -0.850. The molecule has 2 saturated heterocycles. The van der Waals surface area contributed by atoms with Crippen LogP contribution in [0.4, 0.5) is 4.79 Å². The van der Waals surface area contributed by atoms with E-state index in [9.17, 15) is 4.79 Å². The number of hydrogen-bond donors (Lipinski definition) is 1. The number of rotatable bonds is 3. The zero-order chi connectivity index (χ0) is 17.0. The smallest absolute Gasteiger partial charge is 0.410 e. The predicted octanol–water partition coefficient (Wildman–Crippen LogP) is 1.69. The Kier molecular flexibility index (Phi) is 6.28. The Morgan fingerprint density at radius 1 is 1.35 bits per heavy atom. The number of ether oxygens (including phenoxy) is 2. The van der Waals surface area contributed by atoms with Gasteiger partial charge in [0.1, 0.15) is 5.60 Å². The van der Waals surface area contributed by atoms with E-state index in [2.05, 4.69) is 24.1 Å². The number of amides is 1. The fourth-order valence-corrected chi connectivity index (χ4v) is 3.13. The van der Waals surface area contributed by atoms with Crippen molar-refractivity contribution in [2.75, 3.05) is 39.3 Å². The molecule has 0 saturated carbocycles. The summed E-state index contributed by atoms with van der Waals surface area (Å²) in [4.78, 5) is 16.7. The summed E-state index contributed by atoms with van der Waals surface area (Å²) in [5.41, 5.74) is -0.449. The fraction of sp³-hybridized carbons (Fsp3) is 0.941. The van der Waals surface area contributed by atoms with Gasteiger partial charge in [-0.25, -0.2) is 4.79 Å². The third kappa shape index (κ3) is 5.62. The summed E-state index contributed by atoms with van der Waals surface area (Å²) in [5, 5.41) is 3.56. The quantitative estimate of drug-likeness (QED) is 0.855. The Balaban J connectivity index is 1.88. The van der Waals surface area contributed by atoms with Gasteiger partial charge < -0.3 is 19.7 Å². The Labute approximate surface area is 140 Å². The summed E-state index contributed by atoms with van der Waals surface area (Å²) >= 11 is 0. The number of nitrogens with one attached hydrogen (secondary N) is 1. The van der Waals surface area contributed by atoms with E-state index in [1.807, 2.05) is 25.7 Å². The standard InChI is InChI=1S/C17H33N3O3/c1-6-15-12-19(7-8-22-15)10-14-11-20(13(2)9-18-14)16(21)23-17(3,4)5/h13-15,18H,6-12H2,1-5H3/t13-,14+,15-/m1/s1. The molecular formula is C17H33N3O3. The van der Waals surface area contributed by atoms with Crippen LogP contribution in [0.25, 0.3) is 0 Å². The van der Waals surface area contributed by atoms with Gasteiger partial charge in [-0.1, -0.05) is 6.92 Å². The zero-order valence-electron chi connectivity index (χ0n) is 15.3. The molecule has 6 heteroatoms. The van der Waals surface area contributed by atoms with Crippen LogP contribution in [0.15, 0.2) is 0 Å². The molecule has 0 aromatic heterocycles. The number of carbonyl (C=O) groups is 1. The third-order valence-electron chi connectivity index (χ3n) is 4.44. The van der Waals surface area contributed by atoms with Crippen LogP contribution in [0.3, 0.4) is 0 Å². The van der Waals surface area contributed by atoms with Crippen molar-refractivity contribution < 1.29 is 14.3 Å². The van der Waals surface area contributed by atoms with Gasteiger partial charge in [0.2, 0.25) is 0 Å². The highest BCUT2D eigenvalue weighted by atomic mass is 16.6. The predicted molar refractivity (Wildman–Crippen MR) is 90.7 cm³/mol. The van der Waals surface area contributed by atoms with Crippen molar-refractivity contribution in [2.45, 2.75) is 64.8 Å².